The Morgan fingerprint density at radius 3 is 2.68 bits per heavy atom. The van der Waals surface area contributed by atoms with Gasteiger partial charge in [0.1, 0.15) is 0 Å². The molecule has 0 aliphatic heterocycles. The van der Waals surface area contributed by atoms with E-state index in [9.17, 15) is 9.59 Å². The topological polar surface area (TPSA) is 88.3 Å². The molecule has 1 aliphatic carbocycles. The molecule has 1 fully saturated rings. The zero-order chi connectivity index (χ0) is 19.3. The molecule has 0 aromatic carbocycles. The van der Waals surface area contributed by atoms with Gasteiger partial charge in [0, 0.05) is 23.2 Å². The van der Waals surface area contributed by atoms with E-state index in [-0.39, 0.29) is 17.7 Å². The van der Waals surface area contributed by atoms with Crippen molar-refractivity contribution in [3.63, 3.8) is 0 Å². The third-order valence-electron chi connectivity index (χ3n) is 4.81. The molecule has 0 saturated heterocycles. The Bertz CT molecular complexity index is 906. The lowest BCUT2D eigenvalue weighted by atomic mass is 10.1. The number of carbonyl (C=O) groups is 2. The molecule has 4 rings (SSSR count). The lowest BCUT2D eigenvalue weighted by Gasteiger charge is -2.30. The van der Waals surface area contributed by atoms with Gasteiger partial charge in [-0.05, 0) is 36.4 Å². The molecule has 28 heavy (non-hydrogen) atoms. The molecule has 7 nitrogen and oxygen atoms in total. The second kappa shape index (κ2) is 8.35. The van der Waals surface area contributed by atoms with Crippen LogP contribution in [0.3, 0.4) is 0 Å². The van der Waals surface area contributed by atoms with Gasteiger partial charge in [-0.3, -0.25) is 19.5 Å². The van der Waals surface area contributed by atoms with Crippen molar-refractivity contribution in [3.05, 3.63) is 64.9 Å². The molecule has 1 atom stereocenters. The van der Waals surface area contributed by atoms with E-state index in [4.69, 9.17) is 4.52 Å². The number of anilines is 1. The average molecular weight is 396 g/mol. The van der Waals surface area contributed by atoms with Crippen molar-refractivity contribution in [1.29, 1.82) is 0 Å². The fraction of sp³-hybridized carbons (Fsp3) is 0.300. The maximum absolute atomic E-state index is 13.3. The summed E-state index contributed by atoms with van der Waals surface area (Å²) in [5, 5.41) is 8.65. The number of pyridine rings is 1. The Balaban J connectivity index is 1.74. The summed E-state index contributed by atoms with van der Waals surface area (Å²) in [7, 11) is 0. The minimum Gasteiger partial charge on any atom is -0.351 e. The summed E-state index contributed by atoms with van der Waals surface area (Å²) >= 11 is 1.43. The van der Waals surface area contributed by atoms with E-state index in [2.05, 4.69) is 15.5 Å². The van der Waals surface area contributed by atoms with Crippen LogP contribution in [-0.2, 0) is 4.79 Å². The smallest absolute Gasteiger partial charge is 0.297 e. The van der Waals surface area contributed by atoms with Gasteiger partial charge in [0.15, 0.2) is 6.04 Å². The van der Waals surface area contributed by atoms with Crippen LogP contribution in [-0.4, -0.2) is 28.0 Å². The molecule has 1 saturated carbocycles. The summed E-state index contributed by atoms with van der Waals surface area (Å²) in [4.78, 5) is 32.9. The van der Waals surface area contributed by atoms with Crippen molar-refractivity contribution in [1.82, 2.24) is 15.5 Å². The molecular formula is C20H20N4O3S. The van der Waals surface area contributed by atoms with Crippen molar-refractivity contribution in [2.45, 2.75) is 37.8 Å². The van der Waals surface area contributed by atoms with Gasteiger partial charge in [-0.1, -0.05) is 24.1 Å². The minimum absolute atomic E-state index is 0.0686. The molecule has 0 bridgehead atoms. The SMILES string of the molecule is O=C(NC1CCCC1)[C@@H](c1cccs1)N(C(=O)c1ccno1)c1cccnc1. The first-order valence-electron chi connectivity index (χ1n) is 9.22. The van der Waals surface area contributed by atoms with Gasteiger partial charge in [0.2, 0.25) is 11.7 Å². The molecule has 144 valence electrons. The summed E-state index contributed by atoms with van der Waals surface area (Å²) in [6, 6.07) is 8.04. The van der Waals surface area contributed by atoms with Crippen LogP contribution in [0.25, 0.3) is 0 Å². The minimum atomic E-state index is -0.817. The molecule has 3 heterocycles. The van der Waals surface area contributed by atoms with E-state index >= 15 is 0 Å². The summed E-state index contributed by atoms with van der Waals surface area (Å²) in [5.41, 5.74) is 0.517. The molecule has 0 unspecified atom stereocenters. The van der Waals surface area contributed by atoms with Crippen LogP contribution in [0.5, 0.6) is 0 Å². The highest BCUT2D eigenvalue weighted by atomic mass is 32.1. The predicted octanol–water partition coefficient (Wildman–Crippen LogP) is 3.58. The van der Waals surface area contributed by atoms with Gasteiger partial charge in [-0.15, -0.1) is 11.3 Å². The number of nitrogens with one attached hydrogen (secondary N) is 1. The number of hydrogen-bond donors (Lipinski definition) is 1. The van der Waals surface area contributed by atoms with Gasteiger partial charge >= 0.3 is 0 Å². The monoisotopic (exact) mass is 396 g/mol. The second-order valence-corrected chi connectivity index (χ2v) is 7.65. The van der Waals surface area contributed by atoms with Gasteiger partial charge in [0.25, 0.3) is 5.91 Å². The van der Waals surface area contributed by atoms with Crippen LogP contribution >= 0.6 is 11.3 Å². The molecule has 0 spiro atoms. The average Bonchev–Trinajstić information content (AvgIpc) is 3.49. The number of nitrogens with zero attached hydrogens (tertiary/aromatic N) is 3. The Morgan fingerprint density at radius 2 is 2.04 bits per heavy atom. The molecule has 1 N–H and O–H groups in total. The lowest BCUT2D eigenvalue weighted by Crippen LogP contribution is -2.46. The fourth-order valence-corrected chi connectivity index (χ4v) is 4.31. The summed E-state index contributed by atoms with van der Waals surface area (Å²) < 4.78 is 5.09. The molecule has 3 aromatic rings. The van der Waals surface area contributed by atoms with Crippen LogP contribution in [0.4, 0.5) is 5.69 Å². The zero-order valence-electron chi connectivity index (χ0n) is 15.2. The number of thiophene rings is 1. The summed E-state index contributed by atoms with van der Waals surface area (Å²) in [5.74, 6) is -0.574. The number of rotatable bonds is 6. The molecular weight excluding hydrogens is 376 g/mol. The largest absolute Gasteiger partial charge is 0.351 e. The van der Waals surface area contributed by atoms with E-state index in [0.717, 1.165) is 30.6 Å². The first-order valence-corrected chi connectivity index (χ1v) is 10.1. The summed E-state index contributed by atoms with van der Waals surface area (Å²) in [6.07, 6.45) is 8.75. The highest BCUT2D eigenvalue weighted by Crippen LogP contribution is 2.32. The lowest BCUT2D eigenvalue weighted by molar-refractivity contribution is -0.123. The van der Waals surface area contributed by atoms with Crippen LogP contribution in [0.2, 0.25) is 0 Å². The van der Waals surface area contributed by atoms with E-state index < -0.39 is 11.9 Å². The fourth-order valence-electron chi connectivity index (χ4n) is 3.50. The number of carbonyl (C=O) groups excluding carboxylic acids is 2. The van der Waals surface area contributed by atoms with Gasteiger partial charge in [-0.2, -0.15) is 0 Å². The van der Waals surface area contributed by atoms with Crippen LogP contribution < -0.4 is 10.2 Å². The van der Waals surface area contributed by atoms with E-state index in [1.165, 1.54) is 28.5 Å². The first-order chi connectivity index (χ1) is 13.7. The molecule has 1 aliphatic rings. The second-order valence-electron chi connectivity index (χ2n) is 6.67. The predicted molar refractivity (Wildman–Crippen MR) is 105 cm³/mol. The van der Waals surface area contributed by atoms with Crippen molar-refractivity contribution in [3.8, 4) is 0 Å². The maximum Gasteiger partial charge on any atom is 0.297 e. The number of hydrogen-bond acceptors (Lipinski definition) is 6. The van der Waals surface area contributed by atoms with Gasteiger partial charge in [-0.25, -0.2) is 0 Å². The highest BCUT2D eigenvalue weighted by molar-refractivity contribution is 7.10. The van der Waals surface area contributed by atoms with Crippen LogP contribution in [0, 0.1) is 0 Å². The molecule has 8 heteroatoms. The van der Waals surface area contributed by atoms with E-state index in [0.29, 0.717) is 5.69 Å². The van der Waals surface area contributed by atoms with E-state index in [1.807, 2.05) is 17.5 Å². The normalized spacial score (nSPS) is 15.3. The zero-order valence-corrected chi connectivity index (χ0v) is 16.0. The Hall–Kier alpha value is -3.00. The first kappa shape index (κ1) is 18.4. The van der Waals surface area contributed by atoms with Crippen LogP contribution in [0.15, 0.2) is 58.8 Å². The standard InChI is InChI=1S/C20H20N4O3S/c25-19(23-14-5-1-2-6-14)18(17-8-4-12-28-17)24(15-7-3-10-21-13-15)20(26)16-9-11-22-27-16/h3-4,7-14,18H,1-2,5-6H2,(H,23,25)/t18-/m1/s1. The highest BCUT2D eigenvalue weighted by Gasteiger charge is 2.36. The van der Waals surface area contributed by atoms with Gasteiger partial charge in [0.05, 0.1) is 18.1 Å². The van der Waals surface area contributed by atoms with Gasteiger partial charge < -0.3 is 9.84 Å². The Labute approximate surface area is 166 Å². The van der Waals surface area contributed by atoms with E-state index in [1.54, 1.807) is 24.5 Å². The van der Waals surface area contributed by atoms with Crippen molar-refractivity contribution < 1.29 is 14.1 Å². The third-order valence-corrected chi connectivity index (χ3v) is 5.74. The quantitative estimate of drug-likeness (QED) is 0.688. The Morgan fingerprint density at radius 1 is 1.18 bits per heavy atom. The maximum atomic E-state index is 13.3. The molecule has 2 amide bonds. The molecule has 3 aromatic heterocycles. The molecule has 0 radical (unpaired) electrons. The third kappa shape index (κ3) is 3.82. The number of aromatic nitrogens is 2. The Kier molecular flexibility index (Phi) is 5.48. The summed E-state index contributed by atoms with van der Waals surface area (Å²) in [6.45, 7) is 0. The van der Waals surface area contributed by atoms with Crippen LogP contribution in [0.1, 0.15) is 47.2 Å². The van der Waals surface area contributed by atoms with Crippen molar-refractivity contribution >= 4 is 28.8 Å². The van der Waals surface area contributed by atoms with Crippen molar-refractivity contribution in [2.24, 2.45) is 0 Å². The number of amides is 2. The van der Waals surface area contributed by atoms with Crippen molar-refractivity contribution in [2.75, 3.05) is 4.90 Å².